The van der Waals surface area contributed by atoms with E-state index in [0.717, 1.165) is 38.5 Å². The van der Waals surface area contributed by atoms with Crippen molar-refractivity contribution in [3.8, 4) is 0 Å². The summed E-state index contributed by atoms with van der Waals surface area (Å²) in [5.41, 5.74) is 21.2. The first-order valence-corrected chi connectivity index (χ1v) is 6.69. The molecule has 7 heteroatoms. The van der Waals surface area contributed by atoms with Crippen molar-refractivity contribution in [2.45, 2.75) is 50.6 Å². The summed E-state index contributed by atoms with van der Waals surface area (Å²) in [7, 11) is 0. The summed E-state index contributed by atoms with van der Waals surface area (Å²) in [6, 6.07) is -0.312. The van der Waals surface area contributed by atoms with E-state index in [-0.39, 0.29) is 63.0 Å². The van der Waals surface area contributed by atoms with Gasteiger partial charge in [0.05, 0.1) is 0 Å². The predicted octanol–water partition coefficient (Wildman–Crippen LogP) is -2.77. The third-order valence-corrected chi connectivity index (χ3v) is 2.49. The smallest absolute Gasteiger partial charge is 0.853 e. The fourth-order valence-corrected chi connectivity index (χ4v) is 1.27. The minimum atomic E-state index is -0.162. The Morgan fingerprint density at radius 1 is 0.684 bits per heavy atom. The maximum absolute atomic E-state index is 10.1. The van der Waals surface area contributed by atoms with Gasteiger partial charge in [-0.2, -0.15) is 0 Å². The maximum atomic E-state index is 10.1. The number of nitrogens with two attached hydrogens (primary N) is 4. The molecule has 0 saturated heterocycles. The number of rotatable bonds is 10. The quantitative estimate of drug-likeness (QED) is 0.253. The predicted molar refractivity (Wildman–Crippen MR) is 77.2 cm³/mol. The normalized spacial score (nSPS) is 12.9. The average Bonchev–Trinajstić information content (AvgIpc) is 2.39. The van der Waals surface area contributed by atoms with E-state index in [4.69, 9.17) is 22.9 Å². The molecule has 0 heterocycles. The second-order valence-electron chi connectivity index (χ2n) is 4.42. The topological polar surface area (TPSA) is 150 Å². The van der Waals surface area contributed by atoms with E-state index in [2.05, 4.69) is 0 Å². The largest absolute Gasteiger partial charge is 2.00 e. The molecule has 112 valence electrons. The standard InChI is InChI=1S/2C6H15N2O.Ca/c2*7-4-2-1-3-6(8)5-9;/h2*6H,1-5,7-8H2;/q2*-1;+2/t2*6-;/m00./s1. The summed E-state index contributed by atoms with van der Waals surface area (Å²) in [6.45, 7) is 1.08. The van der Waals surface area contributed by atoms with Gasteiger partial charge in [0.1, 0.15) is 0 Å². The van der Waals surface area contributed by atoms with Gasteiger partial charge in [-0.25, -0.2) is 0 Å². The van der Waals surface area contributed by atoms with E-state index >= 15 is 0 Å². The van der Waals surface area contributed by atoms with Crippen LogP contribution < -0.4 is 33.1 Å². The first-order chi connectivity index (χ1) is 8.62. The van der Waals surface area contributed by atoms with E-state index in [9.17, 15) is 10.2 Å². The molecule has 0 rings (SSSR count). The van der Waals surface area contributed by atoms with Gasteiger partial charge < -0.3 is 33.1 Å². The second-order valence-corrected chi connectivity index (χ2v) is 4.42. The molecule has 0 aromatic rings. The van der Waals surface area contributed by atoms with Crippen molar-refractivity contribution in [2.24, 2.45) is 22.9 Å². The van der Waals surface area contributed by atoms with Gasteiger partial charge in [0.2, 0.25) is 0 Å². The monoisotopic (exact) mass is 302 g/mol. The van der Waals surface area contributed by atoms with Gasteiger partial charge >= 0.3 is 37.7 Å². The van der Waals surface area contributed by atoms with Gasteiger partial charge in [0.15, 0.2) is 0 Å². The van der Waals surface area contributed by atoms with Crippen LogP contribution >= 0.6 is 0 Å². The van der Waals surface area contributed by atoms with Gasteiger partial charge in [-0.05, 0) is 50.9 Å². The Morgan fingerprint density at radius 3 is 1.21 bits per heavy atom. The average molecular weight is 302 g/mol. The van der Waals surface area contributed by atoms with E-state index in [1.807, 2.05) is 0 Å². The first kappa shape index (κ1) is 25.0. The van der Waals surface area contributed by atoms with Gasteiger partial charge in [0.25, 0.3) is 0 Å². The summed E-state index contributed by atoms with van der Waals surface area (Å²) in [5.74, 6) is 0. The molecule has 0 spiro atoms. The second kappa shape index (κ2) is 21.3. The van der Waals surface area contributed by atoms with Crippen LogP contribution in [0.5, 0.6) is 0 Å². The van der Waals surface area contributed by atoms with Crippen molar-refractivity contribution in [3.63, 3.8) is 0 Å². The van der Waals surface area contributed by atoms with Crippen molar-refractivity contribution in [2.75, 3.05) is 26.3 Å². The Balaban J connectivity index is -0.000000256. The molecule has 0 unspecified atom stereocenters. The van der Waals surface area contributed by atoms with Gasteiger partial charge in [0, 0.05) is 0 Å². The fourth-order valence-electron chi connectivity index (χ4n) is 1.27. The van der Waals surface area contributed by atoms with Crippen molar-refractivity contribution >= 4 is 37.7 Å². The molecule has 0 radical (unpaired) electrons. The first-order valence-electron chi connectivity index (χ1n) is 6.69. The zero-order valence-electron chi connectivity index (χ0n) is 12.1. The molecular formula is C12H30CaN4O2. The van der Waals surface area contributed by atoms with Crippen LogP contribution in [0.1, 0.15) is 38.5 Å². The Bertz CT molecular complexity index is 140. The summed E-state index contributed by atoms with van der Waals surface area (Å²) in [6.07, 6.45) is 5.57. The summed E-state index contributed by atoms with van der Waals surface area (Å²) in [5, 5.41) is 20.1. The molecule has 0 amide bonds. The minimum absolute atomic E-state index is 0. The number of unbranched alkanes of at least 4 members (excludes halogenated alkanes) is 2. The molecule has 2 atom stereocenters. The van der Waals surface area contributed by atoms with Crippen LogP contribution in [-0.2, 0) is 0 Å². The minimum Gasteiger partial charge on any atom is -0.853 e. The Kier molecular flexibility index (Phi) is 28.1. The van der Waals surface area contributed by atoms with E-state index in [0.29, 0.717) is 13.1 Å². The molecule has 0 saturated carbocycles. The van der Waals surface area contributed by atoms with Crippen LogP contribution in [0, 0.1) is 0 Å². The molecule has 8 N–H and O–H groups in total. The van der Waals surface area contributed by atoms with Crippen LogP contribution in [0.2, 0.25) is 0 Å². The van der Waals surface area contributed by atoms with Gasteiger partial charge in [-0.15, -0.1) is 13.2 Å². The third kappa shape index (κ3) is 24.4. The van der Waals surface area contributed by atoms with Gasteiger partial charge in [-0.3, -0.25) is 0 Å². The van der Waals surface area contributed by atoms with Crippen LogP contribution in [0.3, 0.4) is 0 Å². The molecule has 0 aliphatic carbocycles. The molecular weight excluding hydrogens is 272 g/mol. The number of hydrogen-bond acceptors (Lipinski definition) is 6. The van der Waals surface area contributed by atoms with Crippen LogP contribution in [0.4, 0.5) is 0 Å². The van der Waals surface area contributed by atoms with Crippen molar-refractivity contribution in [1.82, 2.24) is 0 Å². The Morgan fingerprint density at radius 2 is 1.00 bits per heavy atom. The molecule has 0 bridgehead atoms. The zero-order valence-corrected chi connectivity index (χ0v) is 14.3. The summed E-state index contributed by atoms with van der Waals surface area (Å²) in [4.78, 5) is 0. The van der Waals surface area contributed by atoms with Crippen LogP contribution in [0.15, 0.2) is 0 Å². The molecule has 19 heavy (non-hydrogen) atoms. The Labute approximate surface area is 147 Å². The van der Waals surface area contributed by atoms with Crippen molar-refractivity contribution in [1.29, 1.82) is 0 Å². The van der Waals surface area contributed by atoms with Crippen LogP contribution in [-0.4, -0.2) is 76.1 Å². The Hall–Kier alpha value is 1.02. The van der Waals surface area contributed by atoms with Gasteiger partial charge in [-0.1, -0.05) is 12.8 Å². The molecule has 0 aliphatic rings. The summed E-state index contributed by atoms with van der Waals surface area (Å²) < 4.78 is 0. The van der Waals surface area contributed by atoms with Crippen molar-refractivity contribution in [3.05, 3.63) is 0 Å². The molecule has 0 fully saturated rings. The molecule has 0 aliphatic heterocycles. The maximum Gasteiger partial charge on any atom is 2.00 e. The number of hydrogen-bond donors (Lipinski definition) is 4. The molecule has 0 aromatic carbocycles. The van der Waals surface area contributed by atoms with E-state index < -0.39 is 0 Å². The molecule has 0 aromatic heterocycles. The molecule has 6 nitrogen and oxygen atoms in total. The van der Waals surface area contributed by atoms with E-state index in [1.165, 1.54) is 0 Å². The van der Waals surface area contributed by atoms with Crippen LogP contribution in [0.25, 0.3) is 0 Å². The third-order valence-electron chi connectivity index (χ3n) is 2.49. The SMILES string of the molecule is NCCCC[C@H](N)C[O-].NCCCC[C@H](N)C[O-].[Ca+2]. The van der Waals surface area contributed by atoms with Crippen molar-refractivity contribution < 1.29 is 10.2 Å². The summed E-state index contributed by atoms with van der Waals surface area (Å²) >= 11 is 0. The zero-order chi connectivity index (χ0) is 14.2. The van der Waals surface area contributed by atoms with E-state index in [1.54, 1.807) is 0 Å². The fraction of sp³-hybridized carbons (Fsp3) is 1.00.